The van der Waals surface area contributed by atoms with Crippen LogP contribution in [0.4, 0.5) is 10.6 Å². The molecule has 1 saturated heterocycles. The zero-order valence-corrected chi connectivity index (χ0v) is 23.1. The SMILES string of the molecule is CC1CCC(Cn2c(C(C)(O)c3cn(C)cn3)nc3nc(C4NOC(=O)N4)nc(N[C@H](C)C4CCC4)c32)CC1. The summed E-state index contributed by atoms with van der Waals surface area (Å²) in [7, 11) is 1.88. The van der Waals surface area contributed by atoms with Crippen LogP contribution in [0, 0.1) is 17.8 Å². The van der Waals surface area contributed by atoms with Crippen LogP contribution in [0.3, 0.4) is 0 Å². The van der Waals surface area contributed by atoms with Gasteiger partial charge in [-0.2, -0.15) is 0 Å². The average molecular weight is 538 g/mol. The van der Waals surface area contributed by atoms with E-state index in [9.17, 15) is 9.90 Å². The second kappa shape index (κ2) is 10.1. The van der Waals surface area contributed by atoms with Gasteiger partial charge in [-0.3, -0.25) is 5.32 Å². The monoisotopic (exact) mass is 537 g/mol. The summed E-state index contributed by atoms with van der Waals surface area (Å²) >= 11 is 0. The Hall–Kier alpha value is -3.25. The first-order valence-electron chi connectivity index (χ1n) is 14.2. The maximum absolute atomic E-state index is 11.9. The molecule has 0 radical (unpaired) electrons. The summed E-state index contributed by atoms with van der Waals surface area (Å²) in [5, 5.41) is 18.3. The zero-order chi connectivity index (χ0) is 27.3. The maximum atomic E-state index is 11.9. The maximum Gasteiger partial charge on any atom is 0.427 e. The third-order valence-electron chi connectivity index (χ3n) is 8.85. The van der Waals surface area contributed by atoms with Crippen LogP contribution in [0.5, 0.6) is 0 Å². The number of hydroxylamine groups is 1. The van der Waals surface area contributed by atoms with E-state index >= 15 is 0 Å². The van der Waals surface area contributed by atoms with Gasteiger partial charge in [-0.25, -0.2) is 24.7 Å². The van der Waals surface area contributed by atoms with Gasteiger partial charge < -0.3 is 24.4 Å². The minimum atomic E-state index is -1.45. The van der Waals surface area contributed by atoms with E-state index in [0.717, 1.165) is 24.3 Å². The van der Waals surface area contributed by atoms with E-state index in [1.165, 1.54) is 32.1 Å². The van der Waals surface area contributed by atoms with Crippen LogP contribution in [-0.4, -0.2) is 46.3 Å². The van der Waals surface area contributed by atoms with E-state index in [1.54, 1.807) is 13.3 Å². The van der Waals surface area contributed by atoms with Crippen molar-refractivity contribution in [1.29, 1.82) is 0 Å². The topological polar surface area (TPSA) is 144 Å². The highest BCUT2D eigenvalue weighted by atomic mass is 16.7. The second-order valence-electron chi connectivity index (χ2n) is 12.0. The average Bonchev–Trinajstić information content (AvgIpc) is 3.58. The standard InChI is InChI=1S/C27H39N9O3/c1-15-8-10-17(11-9-15)12-36-20-21(29-16(2)18-6-5-7-18)30-23(24-33-26(37)39-34-24)31-22(20)32-25(36)27(3,38)19-13-35(4)14-28-19/h13-18,24,34,38H,5-12H2,1-4H3,(H,33,37)(H,29,30,31)/t15?,16-,17?,24?,27?/m1/s1. The van der Waals surface area contributed by atoms with Crippen molar-refractivity contribution in [3.8, 4) is 0 Å². The Labute approximate surface area is 227 Å². The fourth-order valence-corrected chi connectivity index (χ4v) is 6.06. The molecule has 2 aliphatic carbocycles. The van der Waals surface area contributed by atoms with Crippen LogP contribution in [-0.2, 0) is 24.0 Å². The lowest BCUT2D eigenvalue weighted by Crippen LogP contribution is -2.32. The van der Waals surface area contributed by atoms with Gasteiger partial charge in [0.15, 0.2) is 29.1 Å². The Morgan fingerprint density at radius 3 is 2.59 bits per heavy atom. The number of anilines is 1. The summed E-state index contributed by atoms with van der Waals surface area (Å²) in [5.74, 6) is 3.24. The first kappa shape index (κ1) is 26.0. The molecule has 0 bridgehead atoms. The van der Waals surface area contributed by atoms with Crippen LogP contribution in [0.1, 0.15) is 89.2 Å². The van der Waals surface area contributed by atoms with Gasteiger partial charge in [-0.15, -0.1) is 5.48 Å². The van der Waals surface area contributed by atoms with E-state index in [2.05, 4.69) is 39.5 Å². The molecule has 39 heavy (non-hydrogen) atoms. The molecule has 12 heteroatoms. The number of aliphatic hydroxyl groups is 1. The van der Waals surface area contributed by atoms with E-state index in [4.69, 9.17) is 19.8 Å². The number of carbonyl (C=O) groups is 1. The first-order valence-corrected chi connectivity index (χ1v) is 14.2. The molecule has 4 N–H and O–H groups in total. The molecule has 1 aliphatic heterocycles. The van der Waals surface area contributed by atoms with Crippen molar-refractivity contribution in [1.82, 2.24) is 39.9 Å². The number of nitrogens with one attached hydrogen (secondary N) is 3. The molecule has 210 valence electrons. The van der Waals surface area contributed by atoms with Crippen LogP contribution < -0.4 is 16.1 Å². The number of amides is 1. The number of aromatic nitrogens is 6. The fourth-order valence-electron chi connectivity index (χ4n) is 6.06. The number of imidazole rings is 2. The van der Waals surface area contributed by atoms with Gasteiger partial charge in [0.05, 0.1) is 12.0 Å². The van der Waals surface area contributed by atoms with Gasteiger partial charge >= 0.3 is 6.09 Å². The third kappa shape index (κ3) is 4.95. The Morgan fingerprint density at radius 2 is 1.97 bits per heavy atom. The van der Waals surface area contributed by atoms with Crippen molar-refractivity contribution >= 4 is 23.1 Å². The smallest absolute Gasteiger partial charge is 0.376 e. The molecular weight excluding hydrogens is 498 g/mol. The quantitative estimate of drug-likeness (QED) is 0.339. The summed E-state index contributed by atoms with van der Waals surface area (Å²) in [5.41, 5.74) is 2.94. The molecule has 2 unspecified atom stereocenters. The third-order valence-corrected chi connectivity index (χ3v) is 8.85. The van der Waals surface area contributed by atoms with Gasteiger partial charge in [0.2, 0.25) is 0 Å². The Morgan fingerprint density at radius 1 is 1.21 bits per heavy atom. The molecule has 12 nitrogen and oxygen atoms in total. The Bertz CT molecular complexity index is 1350. The summed E-state index contributed by atoms with van der Waals surface area (Å²) in [6.07, 6.45) is 10.5. The summed E-state index contributed by atoms with van der Waals surface area (Å²) < 4.78 is 3.93. The molecule has 2 saturated carbocycles. The largest absolute Gasteiger partial charge is 0.427 e. The van der Waals surface area contributed by atoms with Crippen LogP contribution >= 0.6 is 0 Å². The normalized spacial score (nSPS) is 26.1. The Kier molecular flexibility index (Phi) is 6.70. The molecule has 3 atom stereocenters. The molecule has 4 heterocycles. The van der Waals surface area contributed by atoms with Crippen molar-refractivity contribution < 1.29 is 14.7 Å². The molecule has 6 rings (SSSR count). The summed E-state index contributed by atoms with van der Waals surface area (Å²) in [4.78, 5) is 35.7. The predicted octanol–water partition coefficient (Wildman–Crippen LogP) is 3.49. The number of hydrogen-bond donors (Lipinski definition) is 4. The van der Waals surface area contributed by atoms with Crippen LogP contribution in [0.15, 0.2) is 12.5 Å². The highest BCUT2D eigenvalue weighted by Gasteiger charge is 2.38. The van der Waals surface area contributed by atoms with E-state index in [1.807, 2.05) is 17.8 Å². The van der Waals surface area contributed by atoms with E-state index in [-0.39, 0.29) is 6.04 Å². The zero-order valence-electron chi connectivity index (χ0n) is 23.1. The van der Waals surface area contributed by atoms with Gasteiger partial charge in [0, 0.05) is 25.8 Å². The molecular formula is C27H39N9O3. The predicted molar refractivity (Wildman–Crippen MR) is 144 cm³/mol. The van der Waals surface area contributed by atoms with Gasteiger partial charge in [-0.05, 0) is 57.3 Å². The number of aryl methyl sites for hydroxylation is 1. The van der Waals surface area contributed by atoms with Gasteiger partial charge in [0.25, 0.3) is 0 Å². The molecule has 3 aliphatic rings. The number of rotatable bonds is 8. The second-order valence-corrected chi connectivity index (χ2v) is 12.0. The van der Waals surface area contributed by atoms with E-state index in [0.29, 0.717) is 47.2 Å². The lowest BCUT2D eigenvalue weighted by atomic mass is 9.80. The summed E-state index contributed by atoms with van der Waals surface area (Å²) in [6.45, 7) is 6.95. The molecule has 0 spiro atoms. The lowest BCUT2D eigenvalue weighted by Gasteiger charge is -2.33. The minimum absolute atomic E-state index is 0.200. The number of nitrogens with zero attached hydrogens (tertiary/aromatic N) is 6. The molecule has 0 aromatic carbocycles. The highest BCUT2D eigenvalue weighted by molar-refractivity contribution is 5.84. The van der Waals surface area contributed by atoms with Crippen LogP contribution in [0.25, 0.3) is 11.2 Å². The van der Waals surface area contributed by atoms with Crippen molar-refractivity contribution in [2.75, 3.05) is 5.32 Å². The van der Waals surface area contributed by atoms with Crippen LogP contribution in [0.2, 0.25) is 0 Å². The number of fused-ring (bicyclic) bond motifs is 1. The molecule has 3 aromatic heterocycles. The van der Waals surface area contributed by atoms with Crippen molar-refractivity contribution in [2.24, 2.45) is 24.8 Å². The van der Waals surface area contributed by atoms with Gasteiger partial charge in [0.1, 0.15) is 11.3 Å². The highest BCUT2D eigenvalue weighted by Crippen LogP contribution is 2.37. The van der Waals surface area contributed by atoms with Gasteiger partial charge in [-0.1, -0.05) is 26.2 Å². The van der Waals surface area contributed by atoms with Crippen molar-refractivity contribution in [3.63, 3.8) is 0 Å². The van der Waals surface area contributed by atoms with Crippen molar-refractivity contribution in [3.05, 3.63) is 29.9 Å². The molecule has 3 fully saturated rings. The number of hydrogen-bond acceptors (Lipinski definition) is 9. The lowest BCUT2D eigenvalue weighted by molar-refractivity contribution is 0.0823. The first-order chi connectivity index (χ1) is 18.7. The minimum Gasteiger partial charge on any atom is -0.376 e. The van der Waals surface area contributed by atoms with E-state index < -0.39 is 17.9 Å². The molecule has 1 amide bonds. The number of carbonyl (C=O) groups excluding carboxylic acids is 1. The fraction of sp³-hybridized carbons (Fsp3) is 0.667. The summed E-state index contributed by atoms with van der Waals surface area (Å²) in [6, 6.07) is 0.200. The molecule has 3 aromatic rings. The Balaban J connectivity index is 1.49. The van der Waals surface area contributed by atoms with Crippen molar-refractivity contribution in [2.45, 2.75) is 90.1 Å².